The molecule has 5 heteroatoms. The number of nitrogens with one attached hydrogen (secondary N) is 1. The van der Waals surface area contributed by atoms with Crippen LogP contribution < -0.4 is 10.1 Å². The zero-order valence-corrected chi connectivity index (χ0v) is 13.8. The van der Waals surface area contributed by atoms with Crippen molar-refractivity contribution in [3.05, 3.63) is 52.5 Å². The second kappa shape index (κ2) is 6.12. The zero-order chi connectivity index (χ0) is 14.8. The fraction of sp³-hybridized carbons (Fsp3) is 0.188. The SMILES string of the molecule is COc1ccc(Br)c(NC(=O)C2Cc3ccccc3S2)c1. The molecule has 1 aliphatic heterocycles. The normalized spacial score (nSPS) is 16.4. The van der Waals surface area contributed by atoms with E-state index >= 15 is 0 Å². The van der Waals surface area contributed by atoms with Crippen LogP contribution in [0.25, 0.3) is 0 Å². The van der Waals surface area contributed by atoms with Crippen molar-refractivity contribution in [1.82, 2.24) is 0 Å². The summed E-state index contributed by atoms with van der Waals surface area (Å²) in [6.07, 6.45) is 0.772. The summed E-state index contributed by atoms with van der Waals surface area (Å²) in [6, 6.07) is 13.7. The smallest absolute Gasteiger partial charge is 0.238 e. The van der Waals surface area contributed by atoms with E-state index in [1.54, 1.807) is 18.9 Å². The molecular formula is C16H14BrNO2S. The van der Waals surface area contributed by atoms with Gasteiger partial charge in [-0.05, 0) is 46.1 Å². The summed E-state index contributed by atoms with van der Waals surface area (Å²) >= 11 is 5.07. The summed E-state index contributed by atoms with van der Waals surface area (Å²) < 4.78 is 6.03. The maximum absolute atomic E-state index is 12.4. The first kappa shape index (κ1) is 14.5. The monoisotopic (exact) mass is 363 g/mol. The van der Waals surface area contributed by atoms with Crippen LogP contribution in [-0.4, -0.2) is 18.3 Å². The molecule has 3 nitrogen and oxygen atoms in total. The zero-order valence-electron chi connectivity index (χ0n) is 11.4. The molecule has 0 saturated heterocycles. The van der Waals surface area contributed by atoms with Crippen molar-refractivity contribution in [1.29, 1.82) is 0 Å². The molecule has 21 heavy (non-hydrogen) atoms. The molecule has 0 saturated carbocycles. The number of benzene rings is 2. The summed E-state index contributed by atoms with van der Waals surface area (Å²) in [6.45, 7) is 0. The minimum atomic E-state index is -0.0829. The highest BCUT2D eigenvalue weighted by molar-refractivity contribution is 9.10. The van der Waals surface area contributed by atoms with Gasteiger partial charge in [-0.2, -0.15) is 0 Å². The maximum Gasteiger partial charge on any atom is 0.238 e. The standard InChI is InChI=1S/C16H14BrNO2S/c1-20-11-6-7-12(17)13(9-11)18-16(19)15-8-10-4-2-3-5-14(10)21-15/h2-7,9,15H,8H2,1H3,(H,18,19). The first-order valence-corrected chi connectivity index (χ1v) is 8.23. The van der Waals surface area contributed by atoms with Gasteiger partial charge >= 0.3 is 0 Å². The van der Waals surface area contributed by atoms with Gasteiger partial charge in [0.1, 0.15) is 5.75 Å². The number of hydrogen-bond donors (Lipinski definition) is 1. The Morgan fingerprint density at radius 2 is 2.14 bits per heavy atom. The minimum absolute atomic E-state index is 0.0187. The predicted octanol–water partition coefficient (Wildman–Crippen LogP) is 4.11. The van der Waals surface area contributed by atoms with Crippen LogP contribution in [0.2, 0.25) is 0 Å². The molecule has 0 fully saturated rings. The maximum atomic E-state index is 12.4. The van der Waals surface area contributed by atoms with Crippen LogP contribution in [0.1, 0.15) is 5.56 Å². The van der Waals surface area contributed by atoms with Crippen LogP contribution in [0.4, 0.5) is 5.69 Å². The second-order valence-electron chi connectivity index (χ2n) is 4.75. The highest BCUT2D eigenvalue weighted by atomic mass is 79.9. The van der Waals surface area contributed by atoms with Gasteiger partial charge in [-0.3, -0.25) is 4.79 Å². The Morgan fingerprint density at radius 1 is 1.33 bits per heavy atom. The number of anilines is 1. The van der Waals surface area contributed by atoms with E-state index in [9.17, 15) is 4.79 Å². The Morgan fingerprint density at radius 3 is 2.90 bits per heavy atom. The van der Waals surface area contributed by atoms with Crippen LogP contribution in [0.5, 0.6) is 5.75 Å². The Labute approximate surface area is 136 Å². The van der Waals surface area contributed by atoms with E-state index in [-0.39, 0.29) is 11.2 Å². The van der Waals surface area contributed by atoms with Gasteiger partial charge in [0.15, 0.2) is 0 Å². The first-order valence-electron chi connectivity index (χ1n) is 6.56. The molecule has 108 valence electrons. The lowest BCUT2D eigenvalue weighted by Gasteiger charge is -2.12. The van der Waals surface area contributed by atoms with E-state index in [4.69, 9.17) is 4.74 Å². The average molecular weight is 364 g/mol. The van der Waals surface area contributed by atoms with Gasteiger partial charge in [0, 0.05) is 15.4 Å². The van der Waals surface area contributed by atoms with Gasteiger partial charge in [0.05, 0.1) is 18.0 Å². The van der Waals surface area contributed by atoms with Crippen molar-refractivity contribution in [2.75, 3.05) is 12.4 Å². The molecule has 1 unspecified atom stereocenters. The Kier molecular flexibility index (Phi) is 4.22. The molecule has 2 aromatic carbocycles. The van der Waals surface area contributed by atoms with E-state index < -0.39 is 0 Å². The summed E-state index contributed by atoms with van der Waals surface area (Å²) in [7, 11) is 1.61. The van der Waals surface area contributed by atoms with Crippen molar-refractivity contribution in [3.63, 3.8) is 0 Å². The van der Waals surface area contributed by atoms with Gasteiger partial charge in [-0.1, -0.05) is 18.2 Å². The van der Waals surface area contributed by atoms with Crippen LogP contribution in [0, 0.1) is 0 Å². The molecule has 0 aliphatic carbocycles. The lowest BCUT2D eigenvalue weighted by Crippen LogP contribution is -2.24. The third-order valence-corrected chi connectivity index (χ3v) is 5.38. The molecule has 1 N–H and O–H groups in total. The molecule has 0 bridgehead atoms. The van der Waals surface area contributed by atoms with Crippen molar-refractivity contribution in [3.8, 4) is 5.75 Å². The Balaban J connectivity index is 1.74. The molecule has 0 aromatic heterocycles. The molecule has 1 atom stereocenters. The summed E-state index contributed by atoms with van der Waals surface area (Å²) in [5.74, 6) is 0.737. The van der Waals surface area contributed by atoms with E-state index in [2.05, 4.69) is 33.4 Å². The summed E-state index contributed by atoms with van der Waals surface area (Å²) in [5.41, 5.74) is 1.98. The molecule has 0 radical (unpaired) electrons. The number of rotatable bonds is 3. The number of carbonyl (C=O) groups is 1. The topological polar surface area (TPSA) is 38.3 Å². The van der Waals surface area contributed by atoms with Crippen LogP contribution in [-0.2, 0) is 11.2 Å². The number of thioether (sulfide) groups is 1. The van der Waals surface area contributed by atoms with Gasteiger partial charge < -0.3 is 10.1 Å². The van der Waals surface area contributed by atoms with E-state index in [1.165, 1.54) is 10.5 Å². The number of fused-ring (bicyclic) bond motifs is 1. The van der Waals surface area contributed by atoms with Gasteiger partial charge in [0.25, 0.3) is 0 Å². The van der Waals surface area contributed by atoms with Crippen molar-refractivity contribution >= 4 is 39.3 Å². The molecule has 1 amide bonds. The fourth-order valence-electron chi connectivity index (χ4n) is 2.27. The number of carbonyl (C=O) groups excluding carboxylic acids is 1. The summed E-state index contributed by atoms with van der Waals surface area (Å²) in [5, 5.41) is 2.89. The van der Waals surface area contributed by atoms with E-state index in [0.29, 0.717) is 0 Å². The third-order valence-electron chi connectivity index (χ3n) is 3.37. The number of hydrogen-bond acceptors (Lipinski definition) is 3. The minimum Gasteiger partial charge on any atom is -0.497 e. The highest BCUT2D eigenvalue weighted by Gasteiger charge is 2.28. The van der Waals surface area contributed by atoms with Crippen LogP contribution >= 0.6 is 27.7 Å². The Bertz CT molecular complexity index is 665. The number of methoxy groups -OCH3 is 1. The quantitative estimate of drug-likeness (QED) is 0.891. The van der Waals surface area contributed by atoms with Gasteiger partial charge in [-0.25, -0.2) is 0 Å². The van der Waals surface area contributed by atoms with Crippen molar-refractivity contribution < 1.29 is 9.53 Å². The van der Waals surface area contributed by atoms with Crippen molar-refractivity contribution in [2.45, 2.75) is 16.6 Å². The average Bonchev–Trinajstić information content (AvgIpc) is 2.93. The second-order valence-corrected chi connectivity index (χ2v) is 6.85. The van der Waals surface area contributed by atoms with E-state index in [0.717, 1.165) is 22.3 Å². The number of amides is 1. The Hall–Kier alpha value is -1.46. The molecule has 3 rings (SSSR count). The van der Waals surface area contributed by atoms with Gasteiger partial charge in [0.2, 0.25) is 5.91 Å². The van der Waals surface area contributed by atoms with Crippen LogP contribution in [0.15, 0.2) is 51.8 Å². The molecule has 0 spiro atoms. The molecule has 2 aromatic rings. The van der Waals surface area contributed by atoms with Crippen molar-refractivity contribution in [2.24, 2.45) is 0 Å². The van der Waals surface area contributed by atoms with E-state index in [1.807, 2.05) is 30.3 Å². The largest absolute Gasteiger partial charge is 0.497 e. The predicted molar refractivity (Wildman–Crippen MR) is 89.1 cm³/mol. The molecule has 1 heterocycles. The summed E-state index contributed by atoms with van der Waals surface area (Å²) in [4.78, 5) is 13.6. The lowest BCUT2D eigenvalue weighted by molar-refractivity contribution is -0.115. The lowest BCUT2D eigenvalue weighted by atomic mass is 10.1. The third kappa shape index (κ3) is 3.09. The highest BCUT2D eigenvalue weighted by Crippen LogP contribution is 2.37. The van der Waals surface area contributed by atoms with Gasteiger partial charge in [-0.15, -0.1) is 11.8 Å². The fourth-order valence-corrected chi connectivity index (χ4v) is 3.81. The van der Waals surface area contributed by atoms with Crippen LogP contribution in [0.3, 0.4) is 0 Å². The molecule has 1 aliphatic rings. The molecular weight excluding hydrogens is 350 g/mol. The number of ether oxygens (including phenoxy) is 1. The first-order chi connectivity index (χ1) is 10.2. The number of halogens is 1.